The van der Waals surface area contributed by atoms with Gasteiger partial charge in [0.05, 0.1) is 22.7 Å². The normalized spacial score (nSPS) is 11.6. The van der Waals surface area contributed by atoms with Gasteiger partial charge < -0.3 is 10.6 Å². The van der Waals surface area contributed by atoms with Gasteiger partial charge in [0, 0.05) is 19.2 Å². The average Bonchev–Trinajstić information content (AvgIpc) is 2.31. The van der Waals surface area contributed by atoms with Gasteiger partial charge in [0.2, 0.25) is 0 Å². The lowest BCUT2D eigenvalue weighted by molar-refractivity contribution is 0.0785. The van der Waals surface area contributed by atoms with Crippen LogP contribution in [0.25, 0.3) is 0 Å². The highest BCUT2D eigenvalue weighted by Crippen LogP contribution is 2.20. The number of rotatable bonds is 3. The molecule has 0 bridgehead atoms. The maximum Gasteiger partial charge on any atom is 0.253 e. The minimum Gasteiger partial charge on any atom is -0.398 e. The highest BCUT2D eigenvalue weighted by molar-refractivity contribution is 6.33. The number of carbonyl (C=O) groups excluding carboxylic acids is 1. The van der Waals surface area contributed by atoms with Crippen LogP contribution in [0.3, 0.4) is 0 Å². The minimum atomic E-state index is -0.200. The molecule has 2 N–H and O–H groups in total. The van der Waals surface area contributed by atoms with Gasteiger partial charge in [-0.3, -0.25) is 4.79 Å². The first kappa shape index (κ1) is 13.3. The van der Waals surface area contributed by atoms with Crippen molar-refractivity contribution in [3.63, 3.8) is 0 Å². The quantitative estimate of drug-likeness (QED) is 0.837. The molecular weight excluding hydrogens is 238 g/mol. The highest BCUT2D eigenvalue weighted by atomic mass is 35.5. The number of halogens is 1. The van der Waals surface area contributed by atoms with Crippen LogP contribution in [0.15, 0.2) is 18.2 Å². The predicted molar refractivity (Wildman–Crippen MR) is 67.6 cm³/mol. The summed E-state index contributed by atoms with van der Waals surface area (Å²) in [6.45, 7) is 2.15. The molecule has 17 heavy (non-hydrogen) atoms. The Morgan fingerprint density at radius 2 is 2.29 bits per heavy atom. The lowest BCUT2D eigenvalue weighted by Gasteiger charge is -2.18. The smallest absolute Gasteiger partial charge is 0.253 e. The second-order valence-corrected chi connectivity index (χ2v) is 4.36. The lowest BCUT2D eigenvalue weighted by atomic mass is 10.1. The van der Waals surface area contributed by atoms with Crippen molar-refractivity contribution in [1.82, 2.24) is 4.90 Å². The summed E-state index contributed by atoms with van der Waals surface area (Å²) < 4.78 is 0. The van der Waals surface area contributed by atoms with E-state index >= 15 is 0 Å². The Hall–Kier alpha value is -1.73. The molecular formula is C12H14ClN3O. The molecule has 1 aromatic rings. The minimum absolute atomic E-state index is 0.171. The molecule has 4 nitrogen and oxygen atoms in total. The van der Waals surface area contributed by atoms with Gasteiger partial charge in [-0.05, 0) is 25.1 Å². The molecule has 1 aromatic carbocycles. The number of anilines is 1. The Balaban J connectivity index is 2.82. The zero-order chi connectivity index (χ0) is 13.0. The average molecular weight is 252 g/mol. The number of carbonyl (C=O) groups is 1. The summed E-state index contributed by atoms with van der Waals surface area (Å²) in [4.78, 5) is 13.5. The van der Waals surface area contributed by atoms with Crippen LogP contribution in [0.4, 0.5) is 5.69 Å². The van der Waals surface area contributed by atoms with Crippen molar-refractivity contribution in [3.05, 3.63) is 28.8 Å². The van der Waals surface area contributed by atoms with Crippen molar-refractivity contribution >= 4 is 23.2 Å². The lowest BCUT2D eigenvalue weighted by Crippen LogP contribution is -2.30. The molecule has 0 saturated heterocycles. The van der Waals surface area contributed by atoms with Crippen molar-refractivity contribution in [3.8, 4) is 6.07 Å². The molecule has 0 aliphatic heterocycles. The van der Waals surface area contributed by atoms with Crippen LogP contribution in [-0.4, -0.2) is 24.4 Å². The molecule has 1 amide bonds. The predicted octanol–water partition coefficient (Wildman–Crippen LogP) is 2.15. The number of nitrogens with two attached hydrogens (primary N) is 1. The van der Waals surface area contributed by atoms with Crippen LogP contribution in [0.5, 0.6) is 0 Å². The first-order chi connectivity index (χ1) is 7.95. The van der Waals surface area contributed by atoms with Crippen molar-refractivity contribution in [1.29, 1.82) is 5.26 Å². The van der Waals surface area contributed by atoms with Crippen molar-refractivity contribution in [2.75, 3.05) is 19.3 Å². The van der Waals surface area contributed by atoms with E-state index in [9.17, 15) is 4.79 Å². The van der Waals surface area contributed by atoms with Crippen LogP contribution in [0.2, 0.25) is 5.02 Å². The second kappa shape index (κ2) is 5.55. The summed E-state index contributed by atoms with van der Waals surface area (Å²) in [5.41, 5.74) is 6.48. The van der Waals surface area contributed by atoms with Gasteiger partial charge in [0.25, 0.3) is 5.91 Å². The zero-order valence-electron chi connectivity index (χ0n) is 9.77. The summed E-state index contributed by atoms with van der Waals surface area (Å²) in [5, 5.41) is 9.12. The van der Waals surface area contributed by atoms with Crippen LogP contribution in [-0.2, 0) is 0 Å². The van der Waals surface area contributed by atoms with Crippen LogP contribution >= 0.6 is 11.6 Å². The Kier molecular flexibility index (Phi) is 4.36. The van der Waals surface area contributed by atoms with Gasteiger partial charge in [-0.1, -0.05) is 11.6 Å². The molecule has 0 fully saturated rings. The summed E-state index contributed by atoms with van der Waals surface area (Å²) in [7, 11) is 1.65. The van der Waals surface area contributed by atoms with Crippen LogP contribution in [0, 0.1) is 17.2 Å². The van der Waals surface area contributed by atoms with Crippen molar-refractivity contribution in [2.24, 2.45) is 5.92 Å². The summed E-state index contributed by atoms with van der Waals surface area (Å²) >= 11 is 5.78. The molecule has 0 aliphatic carbocycles. The number of amides is 1. The van der Waals surface area contributed by atoms with E-state index in [1.165, 1.54) is 11.0 Å². The topological polar surface area (TPSA) is 70.1 Å². The van der Waals surface area contributed by atoms with E-state index in [0.29, 0.717) is 22.8 Å². The van der Waals surface area contributed by atoms with Crippen LogP contribution < -0.4 is 5.73 Å². The molecule has 1 atom stereocenters. The fourth-order valence-corrected chi connectivity index (χ4v) is 1.55. The summed E-state index contributed by atoms with van der Waals surface area (Å²) in [6, 6.07) is 6.83. The Morgan fingerprint density at radius 1 is 1.65 bits per heavy atom. The zero-order valence-corrected chi connectivity index (χ0v) is 10.5. The molecule has 1 rings (SSSR count). The van der Waals surface area contributed by atoms with Crippen molar-refractivity contribution < 1.29 is 4.79 Å². The van der Waals surface area contributed by atoms with E-state index in [0.717, 1.165) is 0 Å². The summed E-state index contributed by atoms with van der Waals surface area (Å²) in [5.74, 6) is -0.371. The Bertz CT molecular complexity index is 467. The number of benzene rings is 1. The number of nitrogens with zero attached hydrogens (tertiary/aromatic N) is 2. The third kappa shape index (κ3) is 3.36. The first-order valence-corrected chi connectivity index (χ1v) is 5.53. The fraction of sp³-hybridized carbons (Fsp3) is 0.333. The standard InChI is InChI=1S/C12H14ClN3O/c1-8(6-14)7-16(2)12(17)9-3-4-10(13)11(15)5-9/h3-5,8H,7,15H2,1-2H3. The molecule has 1 unspecified atom stereocenters. The number of hydrogen-bond acceptors (Lipinski definition) is 3. The van der Waals surface area contributed by atoms with E-state index in [1.807, 2.05) is 0 Å². The van der Waals surface area contributed by atoms with Gasteiger partial charge in [-0.25, -0.2) is 0 Å². The Morgan fingerprint density at radius 3 is 2.82 bits per heavy atom. The van der Waals surface area contributed by atoms with E-state index in [2.05, 4.69) is 6.07 Å². The van der Waals surface area contributed by atoms with Crippen LogP contribution in [0.1, 0.15) is 17.3 Å². The van der Waals surface area contributed by atoms with E-state index in [1.54, 1.807) is 26.1 Å². The Labute approximate surface area is 106 Å². The molecule has 0 heterocycles. The van der Waals surface area contributed by atoms with E-state index < -0.39 is 0 Å². The second-order valence-electron chi connectivity index (χ2n) is 3.95. The van der Waals surface area contributed by atoms with Gasteiger partial charge in [0.1, 0.15) is 0 Å². The third-order valence-electron chi connectivity index (χ3n) is 2.36. The number of nitrogen functional groups attached to an aromatic ring is 1. The first-order valence-electron chi connectivity index (χ1n) is 5.15. The number of nitriles is 1. The van der Waals surface area contributed by atoms with Gasteiger partial charge in [-0.15, -0.1) is 0 Å². The maximum atomic E-state index is 12.0. The SMILES string of the molecule is CC(C#N)CN(C)C(=O)c1ccc(Cl)c(N)c1. The molecule has 0 saturated carbocycles. The maximum absolute atomic E-state index is 12.0. The monoisotopic (exact) mass is 251 g/mol. The van der Waals surface area contributed by atoms with E-state index in [4.69, 9.17) is 22.6 Å². The fourth-order valence-electron chi connectivity index (χ4n) is 1.43. The van der Waals surface area contributed by atoms with E-state index in [-0.39, 0.29) is 11.8 Å². The third-order valence-corrected chi connectivity index (χ3v) is 2.70. The molecule has 0 radical (unpaired) electrons. The van der Waals surface area contributed by atoms with Gasteiger partial charge >= 0.3 is 0 Å². The molecule has 5 heteroatoms. The van der Waals surface area contributed by atoms with Gasteiger partial charge in [0.15, 0.2) is 0 Å². The molecule has 0 spiro atoms. The number of hydrogen-bond donors (Lipinski definition) is 1. The summed E-state index contributed by atoms with van der Waals surface area (Å²) in [6.07, 6.45) is 0. The van der Waals surface area contributed by atoms with Crippen molar-refractivity contribution in [2.45, 2.75) is 6.92 Å². The largest absolute Gasteiger partial charge is 0.398 e. The highest BCUT2D eigenvalue weighted by Gasteiger charge is 2.14. The van der Waals surface area contributed by atoms with Gasteiger partial charge in [-0.2, -0.15) is 5.26 Å². The molecule has 0 aromatic heterocycles. The molecule has 90 valence electrons. The molecule has 0 aliphatic rings.